The van der Waals surface area contributed by atoms with Gasteiger partial charge < -0.3 is 9.16 Å². The molecule has 0 amide bonds. The van der Waals surface area contributed by atoms with E-state index in [1.54, 1.807) is 0 Å². The van der Waals surface area contributed by atoms with Gasteiger partial charge in [-0.2, -0.15) is 0 Å². The molecule has 2 atom stereocenters. The molecule has 2 aromatic rings. The molecule has 0 bridgehead atoms. The summed E-state index contributed by atoms with van der Waals surface area (Å²) in [5, 5.41) is 0.224. The first-order chi connectivity index (χ1) is 13.3. The zero-order valence-corrected chi connectivity index (χ0v) is 19.0. The van der Waals surface area contributed by atoms with Crippen molar-refractivity contribution in [2.75, 3.05) is 13.2 Å². The molecule has 1 saturated heterocycles. The molecule has 3 rings (SSSR count). The second-order valence-electron chi connectivity index (χ2n) is 9.40. The molecule has 1 heterocycles. The van der Waals surface area contributed by atoms with Gasteiger partial charge in [-0.25, -0.2) is 0 Å². The maximum absolute atomic E-state index is 6.74. The highest BCUT2D eigenvalue weighted by molar-refractivity contribution is 6.74. The molecule has 0 N–H and O–H groups in total. The minimum absolute atomic E-state index is 0.224. The number of rotatable bonds is 8. The van der Waals surface area contributed by atoms with Crippen LogP contribution in [0.15, 0.2) is 60.7 Å². The SMILES string of the molecule is CC(C)(C)[Si](C)(C)O[C@@H]1CN(Cc2ccccc2)[C@@H]1COCc1ccccc1. The molecule has 28 heavy (non-hydrogen) atoms. The van der Waals surface area contributed by atoms with Crippen LogP contribution in [0, 0.1) is 0 Å². The lowest BCUT2D eigenvalue weighted by Gasteiger charge is -2.52. The van der Waals surface area contributed by atoms with E-state index in [4.69, 9.17) is 9.16 Å². The maximum Gasteiger partial charge on any atom is 0.192 e. The lowest BCUT2D eigenvalue weighted by atomic mass is 9.99. The number of hydrogen-bond donors (Lipinski definition) is 0. The molecule has 0 aliphatic carbocycles. The highest BCUT2D eigenvalue weighted by Crippen LogP contribution is 2.39. The van der Waals surface area contributed by atoms with Crippen LogP contribution in [-0.2, 0) is 22.3 Å². The first kappa shape index (κ1) is 21.3. The van der Waals surface area contributed by atoms with Crippen molar-refractivity contribution in [3.63, 3.8) is 0 Å². The Morgan fingerprint density at radius 2 is 1.50 bits per heavy atom. The standard InChI is InChI=1S/C24H35NO2Si/c1-24(2,3)28(4,5)27-23-17-25(16-20-12-8-6-9-13-20)22(23)19-26-18-21-14-10-7-11-15-21/h6-15,22-23H,16-19H2,1-5H3/t22-,23-/m1/s1. The van der Waals surface area contributed by atoms with E-state index < -0.39 is 8.32 Å². The summed E-state index contributed by atoms with van der Waals surface area (Å²) in [5.41, 5.74) is 2.57. The topological polar surface area (TPSA) is 21.7 Å². The van der Waals surface area contributed by atoms with Gasteiger partial charge >= 0.3 is 0 Å². The van der Waals surface area contributed by atoms with Crippen LogP contribution in [-0.4, -0.2) is 38.5 Å². The van der Waals surface area contributed by atoms with E-state index in [1.807, 2.05) is 6.07 Å². The Bertz CT molecular complexity index is 727. The van der Waals surface area contributed by atoms with Gasteiger partial charge in [0.2, 0.25) is 0 Å². The monoisotopic (exact) mass is 397 g/mol. The smallest absolute Gasteiger partial charge is 0.192 e. The summed E-state index contributed by atoms with van der Waals surface area (Å²) in [7, 11) is -1.79. The molecule has 4 heteroatoms. The Kier molecular flexibility index (Phi) is 6.76. The van der Waals surface area contributed by atoms with Crippen LogP contribution >= 0.6 is 0 Å². The van der Waals surface area contributed by atoms with Crippen molar-refractivity contribution in [2.24, 2.45) is 0 Å². The van der Waals surface area contributed by atoms with Gasteiger partial charge in [0.1, 0.15) is 0 Å². The van der Waals surface area contributed by atoms with Gasteiger partial charge in [0.25, 0.3) is 0 Å². The molecule has 0 radical (unpaired) electrons. The normalized spacial score (nSPS) is 20.8. The van der Waals surface area contributed by atoms with Gasteiger partial charge in [-0.05, 0) is 29.3 Å². The fraction of sp³-hybridized carbons (Fsp3) is 0.500. The lowest BCUT2D eigenvalue weighted by molar-refractivity contribution is -0.0950. The van der Waals surface area contributed by atoms with Crippen molar-refractivity contribution < 1.29 is 9.16 Å². The minimum atomic E-state index is -1.79. The Morgan fingerprint density at radius 3 is 2.07 bits per heavy atom. The molecule has 1 aliphatic heterocycles. The van der Waals surface area contributed by atoms with Crippen molar-refractivity contribution in [1.82, 2.24) is 4.90 Å². The number of nitrogens with zero attached hydrogens (tertiary/aromatic N) is 1. The molecule has 0 saturated carbocycles. The third kappa shape index (κ3) is 5.32. The number of ether oxygens (including phenoxy) is 1. The highest BCUT2D eigenvalue weighted by Gasteiger charge is 2.46. The van der Waals surface area contributed by atoms with Crippen LogP contribution in [0.2, 0.25) is 18.1 Å². The summed E-state index contributed by atoms with van der Waals surface area (Å²) in [6, 6.07) is 21.4. The largest absolute Gasteiger partial charge is 0.411 e. The van der Waals surface area contributed by atoms with E-state index in [9.17, 15) is 0 Å². The predicted octanol–water partition coefficient (Wildman–Crippen LogP) is 5.48. The van der Waals surface area contributed by atoms with Crippen LogP contribution < -0.4 is 0 Å². The van der Waals surface area contributed by atoms with Gasteiger partial charge in [0.05, 0.1) is 25.4 Å². The molecule has 2 aromatic carbocycles. The molecule has 0 aromatic heterocycles. The fourth-order valence-corrected chi connectivity index (χ4v) is 4.68. The lowest BCUT2D eigenvalue weighted by Crippen LogP contribution is -2.65. The Labute approximate surface area is 171 Å². The first-order valence-corrected chi connectivity index (χ1v) is 13.2. The molecular weight excluding hydrogens is 362 g/mol. The van der Waals surface area contributed by atoms with Crippen LogP contribution in [0.25, 0.3) is 0 Å². The molecular formula is C24H35NO2Si. The predicted molar refractivity (Wildman–Crippen MR) is 119 cm³/mol. The van der Waals surface area contributed by atoms with Gasteiger partial charge in [-0.3, -0.25) is 4.90 Å². The van der Waals surface area contributed by atoms with Crippen LogP contribution in [0.1, 0.15) is 31.9 Å². The summed E-state index contributed by atoms with van der Waals surface area (Å²) >= 11 is 0. The molecule has 1 aliphatic rings. The fourth-order valence-electron chi connectivity index (χ4n) is 3.34. The van der Waals surface area contributed by atoms with E-state index >= 15 is 0 Å². The number of likely N-dealkylation sites (tertiary alicyclic amines) is 1. The second-order valence-corrected chi connectivity index (χ2v) is 14.2. The van der Waals surface area contributed by atoms with E-state index in [2.05, 4.69) is 93.4 Å². The van der Waals surface area contributed by atoms with Crippen molar-refractivity contribution in [3.05, 3.63) is 71.8 Å². The van der Waals surface area contributed by atoms with E-state index in [0.29, 0.717) is 19.3 Å². The van der Waals surface area contributed by atoms with Crippen molar-refractivity contribution >= 4 is 8.32 Å². The van der Waals surface area contributed by atoms with Crippen molar-refractivity contribution in [2.45, 2.75) is 64.2 Å². The Balaban J connectivity index is 1.62. The molecule has 0 unspecified atom stereocenters. The number of benzene rings is 2. The van der Waals surface area contributed by atoms with E-state index in [0.717, 1.165) is 13.1 Å². The molecule has 0 spiro atoms. The Hall–Kier alpha value is -1.46. The van der Waals surface area contributed by atoms with Crippen LogP contribution in [0.4, 0.5) is 0 Å². The van der Waals surface area contributed by atoms with Gasteiger partial charge in [0, 0.05) is 13.1 Å². The summed E-state index contributed by atoms with van der Waals surface area (Å²) < 4.78 is 12.9. The highest BCUT2D eigenvalue weighted by atomic mass is 28.4. The first-order valence-electron chi connectivity index (χ1n) is 10.3. The minimum Gasteiger partial charge on any atom is -0.411 e. The van der Waals surface area contributed by atoms with Gasteiger partial charge in [0.15, 0.2) is 8.32 Å². The summed E-state index contributed by atoms with van der Waals surface area (Å²) in [4.78, 5) is 2.50. The third-order valence-corrected chi connectivity index (χ3v) is 10.7. The van der Waals surface area contributed by atoms with Crippen LogP contribution in [0.3, 0.4) is 0 Å². The average Bonchev–Trinajstić information content (AvgIpc) is 2.65. The average molecular weight is 398 g/mol. The number of hydrogen-bond acceptors (Lipinski definition) is 3. The van der Waals surface area contributed by atoms with Crippen molar-refractivity contribution in [3.8, 4) is 0 Å². The molecule has 1 fully saturated rings. The third-order valence-electron chi connectivity index (χ3n) is 6.19. The summed E-state index contributed by atoms with van der Waals surface area (Å²) in [5.74, 6) is 0. The van der Waals surface area contributed by atoms with Gasteiger partial charge in [-0.15, -0.1) is 0 Å². The zero-order chi connectivity index (χ0) is 20.2. The quantitative estimate of drug-likeness (QED) is 0.551. The second kappa shape index (κ2) is 8.91. The Morgan fingerprint density at radius 1 is 0.929 bits per heavy atom. The maximum atomic E-state index is 6.74. The zero-order valence-electron chi connectivity index (χ0n) is 18.0. The van der Waals surface area contributed by atoms with Crippen LogP contribution in [0.5, 0.6) is 0 Å². The summed E-state index contributed by atoms with van der Waals surface area (Å²) in [6.07, 6.45) is 0.264. The van der Waals surface area contributed by atoms with Gasteiger partial charge in [-0.1, -0.05) is 81.4 Å². The molecule has 3 nitrogen and oxygen atoms in total. The molecule has 152 valence electrons. The van der Waals surface area contributed by atoms with E-state index in [1.165, 1.54) is 11.1 Å². The van der Waals surface area contributed by atoms with Crippen molar-refractivity contribution in [1.29, 1.82) is 0 Å². The summed E-state index contributed by atoms with van der Waals surface area (Å²) in [6.45, 7) is 14.9. The van der Waals surface area contributed by atoms with E-state index in [-0.39, 0.29) is 11.1 Å².